The molecule has 0 bridgehead atoms. The van der Waals surface area contributed by atoms with Gasteiger partial charge in [0.15, 0.2) is 0 Å². The SMILES string of the molecule is CCCCCCCCCCN1C(=O)CNC(=O)C1(C)CC. The number of amides is 2. The van der Waals surface area contributed by atoms with Gasteiger partial charge in [-0.2, -0.15) is 0 Å². The minimum Gasteiger partial charge on any atom is -0.345 e. The van der Waals surface area contributed by atoms with Crippen molar-refractivity contribution in [2.75, 3.05) is 13.1 Å². The zero-order valence-corrected chi connectivity index (χ0v) is 14.0. The van der Waals surface area contributed by atoms with Gasteiger partial charge in [-0.1, -0.05) is 58.8 Å². The van der Waals surface area contributed by atoms with Crippen molar-refractivity contribution >= 4 is 11.8 Å². The molecule has 0 saturated carbocycles. The molecule has 4 heteroatoms. The Morgan fingerprint density at radius 2 is 1.57 bits per heavy atom. The summed E-state index contributed by atoms with van der Waals surface area (Å²) in [5.41, 5.74) is -0.656. The quantitative estimate of drug-likeness (QED) is 0.629. The average Bonchev–Trinajstić information content (AvgIpc) is 2.49. The number of piperazine rings is 1. The zero-order valence-electron chi connectivity index (χ0n) is 14.0. The lowest BCUT2D eigenvalue weighted by Gasteiger charge is -2.43. The van der Waals surface area contributed by atoms with Gasteiger partial charge in [-0.3, -0.25) is 9.59 Å². The van der Waals surface area contributed by atoms with Crippen LogP contribution in [-0.4, -0.2) is 35.3 Å². The van der Waals surface area contributed by atoms with Gasteiger partial charge in [-0.15, -0.1) is 0 Å². The van der Waals surface area contributed by atoms with Gasteiger partial charge in [0.1, 0.15) is 5.54 Å². The highest BCUT2D eigenvalue weighted by Gasteiger charge is 2.43. The van der Waals surface area contributed by atoms with E-state index in [9.17, 15) is 9.59 Å². The Hall–Kier alpha value is -1.06. The van der Waals surface area contributed by atoms with Gasteiger partial charge in [-0.25, -0.2) is 0 Å². The van der Waals surface area contributed by atoms with E-state index in [1.54, 1.807) is 4.90 Å². The van der Waals surface area contributed by atoms with Crippen molar-refractivity contribution in [2.24, 2.45) is 0 Å². The average molecular weight is 296 g/mol. The first-order chi connectivity index (χ1) is 10.1. The molecule has 0 spiro atoms. The third kappa shape index (κ3) is 5.01. The van der Waals surface area contributed by atoms with Crippen LogP contribution >= 0.6 is 0 Å². The van der Waals surface area contributed by atoms with Crippen molar-refractivity contribution < 1.29 is 9.59 Å². The second-order valence-corrected chi connectivity index (χ2v) is 6.33. The number of carbonyl (C=O) groups excluding carboxylic acids is 2. The standard InChI is InChI=1S/C17H32N2O2/c1-4-6-7-8-9-10-11-12-13-19-15(20)14-18-16(21)17(19,3)5-2/h4-14H2,1-3H3,(H,18,21). The fourth-order valence-corrected chi connectivity index (χ4v) is 2.97. The van der Waals surface area contributed by atoms with Gasteiger partial charge in [0.05, 0.1) is 6.54 Å². The van der Waals surface area contributed by atoms with E-state index in [1.807, 2.05) is 13.8 Å². The van der Waals surface area contributed by atoms with Crippen LogP contribution in [0.1, 0.15) is 78.6 Å². The lowest BCUT2D eigenvalue weighted by molar-refractivity contribution is -0.152. The third-order valence-corrected chi connectivity index (χ3v) is 4.71. The molecule has 1 rings (SSSR count). The monoisotopic (exact) mass is 296 g/mol. The van der Waals surface area contributed by atoms with Gasteiger partial charge in [0, 0.05) is 6.54 Å². The van der Waals surface area contributed by atoms with E-state index < -0.39 is 5.54 Å². The minimum absolute atomic E-state index is 0.0100. The van der Waals surface area contributed by atoms with Crippen molar-refractivity contribution in [1.29, 1.82) is 0 Å². The molecule has 0 radical (unpaired) electrons. The van der Waals surface area contributed by atoms with E-state index in [0.29, 0.717) is 13.0 Å². The molecule has 1 aliphatic rings. The first-order valence-corrected chi connectivity index (χ1v) is 8.65. The molecule has 1 atom stereocenters. The maximum Gasteiger partial charge on any atom is 0.246 e. The van der Waals surface area contributed by atoms with E-state index in [4.69, 9.17) is 0 Å². The molecule has 1 aliphatic heterocycles. The number of hydrogen-bond donors (Lipinski definition) is 1. The Morgan fingerprint density at radius 3 is 2.14 bits per heavy atom. The van der Waals surface area contributed by atoms with Gasteiger partial charge in [0.2, 0.25) is 11.8 Å². The molecule has 1 unspecified atom stereocenters. The van der Waals surface area contributed by atoms with Crippen LogP contribution < -0.4 is 5.32 Å². The van der Waals surface area contributed by atoms with Crippen molar-refractivity contribution in [2.45, 2.75) is 84.1 Å². The van der Waals surface area contributed by atoms with Crippen molar-refractivity contribution in [3.63, 3.8) is 0 Å². The summed E-state index contributed by atoms with van der Waals surface area (Å²) in [5, 5.41) is 2.70. The predicted molar refractivity (Wildman–Crippen MR) is 86.0 cm³/mol. The van der Waals surface area contributed by atoms with E-state index in [1.165, 1.54) is 38.5 Å². The second kappa shape index (κ2) is 9.06. The molecule has 21 heavy (non-hydrogen) atoms. The number of unbranched alkanes of at least 4 members (excludes halogenated alkanes) is 7. The van der Waals surface area contributed by atoms with E-state index in [2.05, 4.69) is 12.2 Å². The lowest BCUT2D eigenvalue weighted by atomic mass is 9.92. The number of hydrogen-bond acceptors (Lipinski definition) is 2. The first kappa shape index (κ1) is 18.0. The maximum absolute atomic E-state index is 12.1. The Morgan fingerprint density at radius 1 is 1.00 bits per heavy atom. The summed E-state index contributed by atoms with van der Waals surface area (Å²) in [6.45, 7) is 6.95. The molecule has 1 saturated heterocycles. The fourth-order valence-electron chi connectivity index (χ4n) is 2.97. The molecule has 1 heterocycles. The van der Waals surface area contributed by atoms with Crippen LogP contribution in [0, 0.1) is 0 Å². The molecule has 1 N–H and O–H groups in total. The number of nitrogens with zero attached hydrogens (tertiary/aromatic N) is 1. The topological polar surface area (TPSA) is 49.4 Å². The number of rotatable bonds is 10. The Balaban J connectivity index is 2.28. The highest BCUT2D eigenvalue weighted by atomic mass is 16.2. The summed E-state index contributed by atoms with van der Waals surface area (Å²) in [6.07, 6.45) is 10.6. The molecule has 1 fully saturated rings. The summed E-state index contributed by atoms with van der Waals surface area (Å²) in [4.78, 5) is 25.9. The van der Waals surface area contributed by atoms with E-state index in [-0.39, 0.29) is 18.4 Å². The number of carbonyl (C=O) groups is 2. The first-order valence-electron chi connectivity index (χ1n) is 8.65. The largest absolute Gasteiger partial charge is 0.345 e. The maximum atomic E-state index is 12.1. The van der Waals surface area contributed by atoms with Crippen LogP contribution in [0.5, 0.6) is 0 Å². The molecule has 4 nitrogen and oxygen atoms in total. The molecule has 0 aromatic heterocycles. The Bertz CT molecular complexity index is 344. The van der Waals surface area contributed by atoms with Crippen LogP contribution in [0.3, 0.4) is 0 Å². The second-order valence-electron chi connectivity index (χ2n) is 6.33. The van der Waals surface area contributed by atoms with Crippen molar-refractivity contribution in [3.8, 4) is 0 Å². The van der Waals surface area contributed by atoms with Gasteiger partial charge < -0.3 is 10.2 Å². The highest BCUT2D eigenvalue weighted by Crippen LogP contribution is 2.23. The number of nitrogens with one attached hydrogen (secondary N) is 1. The predicted octanol–water partition coefficient (Wildman–Crippen LogP) is 3.25. The normalized spacial score (nSPS) is 22.5. The molecule has 0 aromatic carbocycles. The third-order valence-electron chi connectivity index (χ3n) is 4.71. The summed E-state index contributed by atoms with van der Waals surface area (Å²) in [6, 6.07) is 0. The molecular weight excluding hydrogens is 264 g/mol. The van der Waals surface area contributed by atoms with Crippen LogP contribution in [0.25, 0.3) is 0 Å². The summed E-state index contributed by atoms with van der Waals surface area (Å²) in [7, 11) is 0. The molecule has 0 aromatic rings. The van der Waals surface area contributed by atoms with Gasteiger partial charge >= 0.3 is 0 Å². The van der Waals surface area contributed by atoms with Crippen LogP contribution in [0.15, 0.2) is 0 Å². The summed E-state index contributed by atoms with van der Waals surface area (Å²) < 4.78 is 0. The van der Waals surface area contributed by atoms with Crippen LogP contribution in [0.2, 0.25) is 0 Å². The fraction of sp³-hybridized carbons (Fsp3) is 0.882. The van der Waals surface area contributed by atoms with Crippen LogP contribution in [0.4, 0.5) is 0 Å². The summed E-state index contributed by atoms with van der Waals surface area (Å²) in [5.74, 6) is 0.0473. The van der Waals surface area contributed by atoms with Gasteiger partial charge in [-0.05, 0) is 19.8 Å². The Kier molecular flexibility index (Phi) is 7.76. The molecular formula is C17H32N2O2. The zero-order chi connectivity index (χ0) is 15.7. The van der Waals surface area contributed by atoms with E-state index >= 15 is 0 Å². The Labute approximate surface area is 129 Å². The smallest absolute Gasteiger partial charge is 0.246 e. The van der Waals surface area contributed by atoms with Crippen LogP contribution in [-0.2, 0) is 9.59 Å². The van der Waals surface area contributed by atoms with E-state index in [0.717, 1.165) is 12.8 Å². The minimum atomic E-state index is -0.656. The van der Waals surface area contributed by atoms with Gasteiger partial charge in [0.25, 0.3) is 0 Å². The molecule has 0 aliphatic carbocycles. The molecule has 122 valence electrons. The molecule has 2 amide bonds. The lowest BCUT2D eigenvalue weighted by Crippen LogP contribution is -2.65. The highest BCUT2D eigenvalue weighted by molar-refractivity contribution is 5.97. The van der Waals surface area contributed by atoms with Crippen molar-refractivity contribution in [3.05, 3.63) is 0 Å². The summed E-state index contributed by atoms with van der Waals surface area (Å²) >= 11 is 0. The van der Waals surface area contributed by atoms with Crippen molar-refractivity contribution in [1.82, 2.24) is 10.2 Å².